The maximum atomic E-state index is 13.6. The molecule has 16 heavy (non-hydrogen) atoms. The second-order valence-corrected chi connectivity index (χ2v) is 4.02. The zero-order valence-corrected chi connectivity index (χ0v) is 9.58. The van der Waals surface area contributed by atoms with Crippen LogP contribution < -0.4 is 4.74 Å². The minimum Gasteiger partial charge on any atom is -0.478 e. The van der Waals surface area contributed by atoms with E-state index in [1.807, 2.05) is 13.8 Å². The van der Waals surface area contributed by atoms with Crippen LogP contribution in [0.4, 0.5) is 4.39 Å². The number of pyridine rings is 1. The van der Waals surface area contributed by atoms with Crippen molar-refractivity contribution in [2.24, 2.45) is 5.92 Å². The van der Waals surface area contributed by atoms with Crippen LogP contribution in [0, 0.1) is 11.7 Å². The lowest BCUT2D eigenvalue weighted by Gasteiger charge is -2.09. The number of nitrogens with zero attached hydrogens (tertiary/aromatic N) is 1. The van der Waals surface area contributed by atoms with Crippen molar-refractivity contribution in [1.82, 2.24) is 4.98 Å². The molecule has 6 heteroatoms. The Bertz CT molecular complexity index is 409. The molecule has 0 aliphatic carbocycles. The molecule has 0 aromatic carbocycles. The third kappa shape index (κ3) is 2.82. The number of ether oxygens (including phenoxy) is 1. The molecule has 1 aromatic heterocycles. The number of rotatable bonds is 4. The third-order valence-electron chi connectivity index (χ3n) is 1.71. The summed E-state index contributed by atoms with van der Waals surface area (Å²) in [5, 5.41) is 8.49. The van der Waals surface area contributed by atoms with Gasteiger partial charge in [0.15, 0.2) is 0 Å². The van der Waals surface area contributed by atoms with Crippen LogP contribution in [0.25, 0.3) is 0 Å². The summed E-state index contributed by atoms with van der Waals surface area (Å²) in [6.45, 7) is 4.02. The van der Waals surface area contributed by atoms with Crippen LogP contribution in [0.2, 0.25) is 5.02 Å². The van der Waals surface area contributed by atoms with Crippen molar-refractivity contribution in [3.8, 4) is 5.88 Å². The average molecular weight is 248 g/mol. The fraction of sp³-hybridized carbons (Fsp3) is 0.400. The Kier molecular flexibility index (Phi) is 4.06. The molecule has 1 heterocycles. The molecule has 0 saturated carbocycles. The third-order valence-corrected chi connectivity index (χ3v) is 2.00. The Morgan fingerprint density at radius 2 is 2.31 bits per heavy atom. The van der Waals surface area contributed by atoms with Gasteiger partial charge in [-0.1, -0.05) is 25.4 Å². The Hall–Kier alpha value is -1.36. The summed E-state index contributed by atoms with van der Waals surface area (Å²) < 4.78 is 18.6. The fourth-order valence-electron chi connectivity index (χ4n) is 0.991. The Morgan fingerprint density at radius 3 is 2.81 bits per heavy atom. The van der Waals surface area contributed by atoms with Gasteiger partial charge in [0.05, 0.1) is 17.8 Å². The number of carbonyl (C=O) groups is 1. The highest BCUT2D eigenvalue weighted by Gasteiger charge is 2.20. The van der Waals surface area contributed by atoms with Crippen LogP contribution in [0.3, 0.4) is 0 Å². The van der Waals surface area contributed by atoms with Gasteiger partial charge in [0.25, 0.3) is 5.88 Å². The summed E-state index contributed by atoms with van der Waals surface area (Å²) in [6.07, 6.45) is 1.06. The van der Waals surface area contributed by atoms with Crippen molar-refractivity contribution >= 4 is 17.6 Å². The van der Waals surface area contributed by atoms with Gasteiger partial charge in [0.1, 0.15) is 5.56 Å². The molecule has 0 saturated heterocycles. The predicted octanol–water partition coefficient (Wildman–Crippen LogP) is 2.61. The number of hydrogen-bond acceptors (Lipinski definition) is 3. The van der Waals surface area contributed by atoms with E-state index in [1.165, 1.54) is 0 Å². The number of carboxylic acid groups (broad SMARTS) is 1. The van der Waals surface area contributed by atoms with E-state index in [4.69, 9.17) is 21.4 Å². The molecule has 1 rings (SSSR count). The van der Waals surface area contributed by atoms with Crippen LogP contribution in [0.1, 0.15) is 24.2 Å². The van der Waals surface area contributed by atoms with Gasteiger partial charge in [-0.25, -0.2) is 9.78 Å². The highest BCUT2D eigenvalue weighted by molar-refractivity contribution is 6.33. The molecular weight excluding hydrogens is 237 g/mol. The number of aromatic nitrogens is 1. The zero-order valence-electron chi connectivity index (χ0n) is 8.83. The molecule has 1 aromatic rings. The number of carboxylic acids is 1. The Balaban J connectivity index is 3.04. The topological polar surface area (TPSA) is 59.4 Å². The molecule has 0 radical (unpaired) electrons. The van der Waals surface area contributed by atoms with E-state index in [9.17, 15) is 9.18 Å². The molecule has 88 valence electrons. The molecule has 0 unspecified atom stereocenters. The van der Waals surface area contributed by atoms with Crippen molar-refractivity contribution < 1.29 is 19.0 Å². The first kappa shape index (κ1) is 12.7. The summed E-state index contributed by atoms with van der Waals surface area (Å²) in [6, 6.07) is 0. The molecular formula is C10H11ClFNO3. The summed E-state index contributed by atoms with van der Waals surface area (Å²) in [5.41, 5.74) is -0.615. The Labute approximate surface area is 97.0 Å². The normalized spacial score (nSPS) is 10.6. The highest BCUT2D eigenvalue weighted by Crippen LogP contribution is 2.24. The number of hydrogen-bond donors (Lipinski definition) is 1. The summed E-state index contributed by atoms with van der Waals surface area (Å²) in [4.78, 5) is 14.3. The van der Waals surface area contributed by atoms with Gasteiger partial charge in [-0.15, -0.1) is 0 Å². The van der Waals surface area contributed by atoms with Gasteiger partial charge in [-0.3, -0.25) is 0 Å². The monoisotopic (exact) mass is 247 g/mol. The van der Waals surface area contributed by atoms with Crippen molar-refractivity contribution in [2.45, 2.75) is 13.8 Å². The summed E-state index contributed by atoms with van der Waals surface area (Å²) in [5.74, 6) is -2.64. The molecule has 0 amide bonds. The lowest BCUT2D eigenvalue weighted by atomic mass is 10.2. The predicted molar refractivity (Wildman–Crippen MR) is 56.5 cm³/mol. The van der Waals surface area contributed by atoms with Gasteiger partial charge in [-0.05, 0) is 5.92 Å². The van der Waals surface area contributed by atoms with Crippen molar-refractivity contribution in [1.29, 1.82) is 0 Å². The molecule has 0 atom stereocenters. The zero-order chi connectivity index (χ0) is 12.3. The van der Waals surface area contributed by atoms with E-state index in [1.54, 1.807) is 0 Å². The van der Waals surface area contributed by atoms with Gasteiger partial charge >= 0.3 is 5.97 Å². The van der Waals surface area contributed by atoms with Gasteiger partial charge in [0, 0.05) is 0 Å². The van der Waals surface area contributed by atoms with Gasteiger partial charge in [0.2, 0.25) is 5.82 Å². The number of halogens is 2. The lowest BCUT2D eigenvalue weighted by molar-refractivity contribution is 0.0690. The van der Waals surface area contributed by atoms with E-state index in [0.717, 1.165) is 6.20 Å². The number of aromatic carboxylic acids is 1. The highest BCUT2D eigenvalue weighted by atomic mass is 35.5. The fourth-order valence-corrected chi connectivity index (χ4v) is 1.20. The molecule has 0 aliphatic heterocycles. The maximum Gasteiger partial charge on any atom is 0.340 e. The molecule has 0 spiro atoms. The Morgan fingerprint density at radius 1 is 1.69 bits per heavy atom. The van der Waals surface area contributed by atoms with Crippen molar-refractivity contribution in [3.05, 3.63) is 22.6 Å². The molecule has 1 N–H and O–H groups in total. The first-order valence-electron chi connectivity index (χ1n) is 4.63. The van der Waals surface area contributed by atoms with Crippen LogP contribution in [-0.4, -0.2) is 22.7 Å². The molecule has 0 aliphatic rings. The molecule has 4 nitrogen and oxygen atoms in total. The molecule has 0 bridgehead atoms. The minimum absolute atomic E-state index is 0.185. The first-order valence-corrected chi connectivity index (χ1v) is 5.01. The standard InChI is InChI=1S/C10H11ClFNO3/c1-5(2)4-16-9-8(12)7(10(14)15)6(11)3-13-9/h3,5H,4H2,1-2H3,(H,14,15). The first-order chi connectivity index (χ1) is 7.43. The summed E-state index contributed by atoms with van der Waals surface area (Å²) in [7, 11) is 0. The second kappa shape index (κ2) is 5.12. The average Bonchev–Trinajstić information content (AvgIpc) is 2.15. The molecule has 0 fully saturated rings. The van der Waals surface area contributed by atoms with E-state index >= 15 is 0 Å². The smallest absolute Gasteiger partial charge is 0.340 e. The van der Waals surface area contributed by atoms with Crippen LogP contribution in [0.15, 0.2) is 6.20 Å². The van der Waals surface area contributed by atoms with E-state index in [0.29, 0.717) is 0 Å². The van der Waals surface area contributed by atoms with E-state index in [-0.39, 0.29) is 23.4 Å². The second-order valence-electron chi connectivity index (χ2n) is 3.61. The van der Waals surface area contributed by atoms with E-state index < -0.39 is 17.3 Å². The van der Waals surface area contributed by atoms with Crippen LogP contribution in [0.5, 0.6) is 5.88 Å². The quantitative estimate of drug-likeness (QED) is 0.889. The van der Waals surface area contributed by atoms with Crippen LogP contribution in [-0.2, 0) is 0 Å². The largest absolute Gasteiger partial charge is 0.478 e. The maximum absolute atomic E-state index is 13.6. The van der Waals surface area contributed by atoms with Gasteiger partial charge in [-0.2, -0.15) is 4.39 Å². The van der Waals surface area contributed by atoms with Crippen LogP contribution >= 0.6 is 11.6 Å². The lowest BCUT2D eigenvalue weighted by Crippen LogP contribution is -2.10. The van der Waals surface area contributed by atoms with Crippen molar-refractivity contribution in [2.75, 3.05) is 6.61 Å². The SMILES string of the molecule is CC(C)COc1ncc(Cl)c(C(=O)O)c1F. The minimum atomic E-state index is -1.45. The van der Waals surface area contributed by atoms with Crippen molar-refractivity contribution in [3.63, 3.8) is 0 Å². The van der Waals surface area contributed by atoms with Gasteiger partial charge < -0.3 is 9.84 Å². The van der Waals surface area contributed by atoms with E-state index in [2.05, 4.69) is 4.98 Å². The summed E-state index contributed by atoms with van der Waals surface area (Å²) >= 11 is 5.52.